The zero-order chi connectivity index (χ0) is 21.2. The summed E-state index contributed by atoms with van der Waals surface area (Å²) >= 11 is 0. The van der Waals surface area contributed by atoms with Crippen LogP contribution in [0.5, 0.6) is 5.75 Å². The van der Waals surface area contributed by atoms with Gasteiger partial charge >= 0.3 is 6.18 Å². The summed E-state index contributed by atoms with van der Waals surface area (Å²) in [6.07, 6.45) is -4.69. The topological polar surface area (TPSA) is 73.2 Å². The van der Waals surface area contributed by atoms with Crippen molar-refractivity contribution >= 4 is 11.6 Å². The van der Waals surface area contributed by atoms with Gasteiger partial charge in [-0.05, 0) is 36.4 Å². The molecule has 1 aromatic heterocycles. The fourth-order valence-electron chi connectivity index (χ4n) is 2.54. The van der Waals surface area contributed by atoms with E-state index in [9.17, 15) is 27.2 Å². The standard InChI is InChI=1S/C19H13F4N3O3/c1-29-15-10-16(27)26(12-8-6-11(20)7-9-12)25-17(15)18(28)24-14-5-3-2-4-13(14)19(21,22)23/h2-10H,1H3,(H,24,28). The molecule has 0 unspecified atom stereocenters. The normalized spacial score (nSPS) is 11.2. The highest BCUT2D eigenvalue weighted by Gasteiger charge is 2.34. The zero-order valence-corrected chi connectivity index (χ0v) is 14.8. The number of nitrogens with zero attached hydrogens (tertiary/aromatic N) is 2. The third-order valence-corrected chi connectivity index (χ3v) is 3.88. The van der Waals surface area contributed by atoms with Gasteiger partial charge in [-0.15, -0.1) is 0 Å². The first-order valence-corrected chi connectivity index (χ1v) is 8.12. The van der Waals surface area contributed by atoms with E-state index in [1.807, 2.05) is 0 Å². The van der Waals surface area contributed by atoms with E-state index in [1.165, 1.54) is 31.4 Å². The molecule has 3 aromatic rings. The highest BCUT2D eigenvalue weighted by Crippen LogP contribution is 2.34. The van der Waals surface area contributed by atoms with E-state index in [0.717, 1.165) is 35.0 Å². The number of aromatic nitrogens is 2. The Morgan fingerprint density at radius 1 is 1.10 bits per heavy atom. The molecule has 1 N–H and O–H groups in total. The van der Waals surface area contributed by atoms with Crippen LogP contribution in [-0.2, 0) is 6.18 Å². The summed E-state index contributed by atoms with van der Waals surface area (Å²) in [4.78, 5) is 24.9. The summed E-state index contributed by atoms with van der Waals surface area (Å²) in [7, 11) is 1.18. The van der Waals surface area contributed by atoms with Gasteiger partial charge in [0.1, 0.15) is 5.82 Å². The maximum absolute atomic E-state index is 13.1. The SMILES string of the molecule is COc1cc(=O)n(-c2ccc(F)cc2)nc1C(=O)Nc1ccccc1C(F)(F)F. The number of methoxy groups -OCH3 is 1. The summed E-state index contributed by atoms with van der Waals surface area (Å²) in [5.74, 6) is -1.79. The van der Waals surface area contributed by atoms with Crippen molar-refractivity contribution in [1.29, 1.82) is 0 Å². The van der Waals surface area contributed by atoms with Crippen molar-refractivity contribution in [3.8, 4) is 11.4 Å². The molecule has 10 heteroatoms. The minimum atomic E-state index is -4.69. The van der Waals surface area contributed by atoms with Crippen LogP contribution < -0.4 is 15.6 Å². The van der Waals surface area contributed by atoms with E-state index in [4.69, 9.17) is 4.74 Å². The number of para-hydroxylation sites is 1. The van der Waals surface area contributed by atoms with Gasteiger partial charge in [-0.2, -0.15) is 23.0 Å². The predicted octanol–water partition coefficient (Wildman–Crippen LogP) is 3.65. The summed E-state index contributed by atoms with van der Waals surface area (Å²) in [6.45, 7) is 0. The Hall–Kier alpha value is -3.69. The van der Waals surface area contributed by atoms with Crippen molar-refractivity contribution in [1.82, 2.24) is 9.78 Å². The number of carbonyl (C=O) groups excluding carboxylic acids is 1. The first-order valence-electron chi connectivity index (χ1n) is 8.12. The fourth-order valence-corrected chi connectivity index (χ4v) is 2.54. The molecule has 0 saturated carbocycles. The molecule has 0 bridgehead atoms. The first-order chi connectivity index (χ1) is 13.7. The van der Waals surface area contributed by atoms with Gasteiger partial charge in [-0.25, -0.2) is 4.39 Å². The Bertz CT molecular complexity index is 1110. The summed E-state index contributed by atoms with van der Waals surface area (Å²) in [5.41, 5.74) is -2.47. The molecule has 0 saturated heterocycles. The van der Waals surface area contributed by atoms with E-state index < -0.39 is 40.4 Å². The van der Waals surface area contributed by atoms with Gasteiger partial charge in [-0.3, -0.25) is 9.59 Å². The van der Waals surface area contributed by atoms with Crippen LogP contribution in [0.15, 0.2) is 59.4 Å². The summed E-state index contributed by atoms with van der Waals surface area (Å²) in [6, 6.07) is 10.1. The number of carbonyl (C=O) groups is 1. The second kappa shape index (κ2) is 7.74. The molecule has 0 aliphatic rings. The molecule has 0 spiro atoms. The molecular weight excluding hydrogens is 394 g/mol. The molecule has 3 rings (SSSR count). The van der Waals surface area contributed by atoms with E-state index in [1.54, 1.807) is 0 Å². The van der Waals surface area contributed by atoms with Crippen molar-refractivity contribution in [3.05, 3.63) is 82.0 Å². The first kappa shape index (κ1) is 20.1. The Morgan fingerprint density at radius 2 is 1.76 bits per heavy atom. The van der Waals surface area contributed by atoms with Crippen molar-refractivity contribution in [2.24, 2.45) is 0 Å². The van der Waals surface area contributed by atoms with Crippen LogP contribution in [0.4, 0.5) is 23.2 Å². The van der Waals surface area contributed by atoms with Crippen LogP contribution in [0, 0.1) is 5.82 Å². The molecule has 29 heavy (non-hydrogen) atoms. The minimum absolute atomic E-state index is 0.156. The van der Waals surface area contributed by atoms with Gasteiger partial charge in [-0.1, -0.05) is 12.1 Å². The van der Waals surface area contributed by atoms with Crippen LogP contribution >= 0.6 is 0 Å². The van der Waals surface area contributed by atoms with E-state index in [-0.39, 0.29) is 11.4 Å². The molecule has 0 aliphatic heterocycles. The number of nitrogens with one attached hydrogen (secondary N) is 1. The average Bonchev–Trinajstić information content (AvgIpc) is 2.68. The molecule has 2 aromatic carbocycles. The van der Waals surface area contributed by atoms with Crippen molar-refractivity contribution in [2.75, 3.05) is 12.4 Å². The van der Waals surface area contributed by atoms with Crippen LogP contribution in [0.25, 0.3) is 5.69 Å². The van der Waals surface area contributed by atoms with Crippen LogP contribution in [0.1, 0.15) is 16.1 Å². The molecule has 1 heterocycles. The molecule has 6 nitrogen and oxygen atoms in total. The Labute approximate surface area is 161 Å². The van der Waals surface area contributed by atoms with Gasteiger partial charge in [0.2, 0.25) is 0 Å². The fraction of sp³-hybridized carbons (Fsp3) is 0.105. The summed E-state index contributed by atoms with van der Waals surface area (Å²) in [5, 5.41) is 6.03. The number of alkyl halides is 3. The maximum atomic E-state index is 13.1. The predicted molar refractivity (Wildman–Crippen MR) is 95.7 cm³/mol. The number of hydrogen-bond donors (Lipinski definition) is 1. The number of halogens is 4. The highest BCUT2D eigenvalue weighted by molar-refractivity contribution is 6.05. The third-order valence-electron chi connectivity index (χ3n) is 3.88. The van der Waals surface area contributed by atoms with Crippen molar-refractivity contribution in [3.63, 3.8) is 0 Å². The maximum Gasteiger partial charge on any atom is 0.418 e. The van der Waals surface area contributed by atoms with Crippen LogP contribution in [0.2, 0.25) is 0 Å². The minimum Gasteiger partial charge on any atom is -0.494 e. The number of rotatable bonds is 4. The lowest BCUT2D eigenvalue weighted by Gasteiger charge is -2.15. The van der Waals surface area contributed by atoms with Gasteiger partial charge in [0.25, 0.3) is 11.5 Å². The Morgan fingerprint density at radius 3 is 2.38 bits per heavy atom. The van der Waals surface area contributed by atoms with Gasteiger partial charge < -0.3 is 10.1 Å². The number of amides is 1. The Balaban J connectivity index is 2.04. The molecule has 0 fully saturated rings. The van der Waals surface area contributed by atoms with Crippen LogP contribution in [0.3, 0.4) is 0 Å². The van der Waals surface area contributed by atoms with Gasteiger partial charge in [0.05, 0.1) is 30.1 Å². The second-order valence-corrected chi connectivity index (χ2v) is 5.79. The lowest BCUT2D eigenvalue weighted by molar-refractivity contribution is -0.136. The number of anilines is 1. The molecule has 150 valence electrons. The van der Waals surface area contributed by atoms with Crippen molar-refractivity contribution in [2.45, 2.75) is 6.18 Å². The molecule has 1 amide bonds. The van der Waals surface area contributed by atoms with E-state index >= 15 is 0 Å². The lowest BCUT2D eigenvalue weighted by Crippen LogP contribution is -2.26. The van der Waals surface area contributed by atoms with E-state index in [0.29, 0.717) is 0 Å². The highest BCUT2D eigenvalue weighted by atomic mass is 19.4. The molecule has 0 radical (unpaired) electrons. The largest absolute Gasteiger partial charge is 0.494 e. The lowest BCUT2D eigenvalue weighted by atomic mass is 10.1. The quantitative estimate of drug-likeness (QED) is 0.670. The molecule has 0 aliphatic carbocycles. The molecule has 0 atom stereocenters. The van der Waals surface area contributed by atoms with Gasteiger partial charge in [0, 0.05) is 0 Å². The van der Waals surface area contributed by atoms with E-state index in [2.05, 4.69) is 10.4 Å². The third kappa shape index (κ3) is 4.26. The van der Waals surface area contributed by atoms with Gasteiger partial charge in [0.15, 0.2) is 11.4 Å². The average molecular weight is 407 g/mol. The van der Waals surface area contributed by atoms with Crippen LogP contribution in [-0.4, -0.2) is 22.8 Å². The number of hydrogen-bond acceptors (Lipinski definition) is 4. The molecular formula is C19H13F4N3O3. The Kier molecular flexibility index (Phi) is 5.35. The monoisotopic (exact) mass is 407 g/mol. The number of benzene rings is 2. The smallest absolute Gasteiger partial charge is 0.418 e. The number of ether oxygens (including phenoxy) is 1. The zero-order valence-electron chi connectivity index (χ0n) is 14.8. The second-order valence-electron chi connectivity index (χ2n) is 5.79. The van der Waals surface area contributed by atoms with Crippen molar-refractivity contribution < 1.29 is 27.1 Å². The summed E-state index contributed by atoms with van der Waals surface area (Å²) < 4.78 is 58.4.